The van der Waals surface area contributed by atoms with Crippen molar-refractivity contribution in [3.05, 3.63) is 12.0 Å². The number of hydrogen-bond acceptors (Lipinski definition) is 4. The van der Waals surface area contributed by atoms with E-state index in [2.05, 4.69) is 15.0 Å². The van der Waals surface area contributed by atoms with E-state index in [1.807, 2.05) is 0 Å². The molecule has 2 N–H and O–H groups in total. The van der Waals surface area contributed by atoms with E-state index in [4.69, 9.17) is 0 Å². The first-order chi connectivity index (χ1) is 8.49. The van der Waals surface area contributed by atoms with Gasteiger partial charge in [0.1, 0.15) is 5.82 Å². The highest BCUT2D eigenvalue weighted by Gasteiger charge is 2.19. The Bertz CT molecular complexity index is 489. The van der Waals surface area contributed by atoms with Crippen LogP contribution in [0.4, 0.5) is 0 Å². The largest absolute Gasteiger partial charge is 0.337 e. The second-order valence-corrected chi connectivity index (χ2v) is 6.43. The molecule has 0 aromatic carbocycles. The number of hydrogen-bond donors (Lipinski definition) is 2. The number of halogens is 1. The number of nitrogens with zero attached hydrogens (tertiary/aromatic N) is 2. The molecule has 6 nitrogen and oxygen atoms in total. The highest BCUT2D eigenvalue weighted by Crippen LogP contribution is 2.10. The van der Waals surface area contributed by atoms with Crippen LogP contribution >= 0.6 is 12.4 Å². The number of rotatable bonds is 5. The lowest BCUT2D eigenvalue weighted by atomic mass is 10.2. The highest BCUT2D eigenvalue weighted by molar-refractivity contribution is 7.89. The van der Waals surface area contributed by atoms with Crippen LogP contribution in [0.15, 0.2) is 11.2 Å². The van der Waals surface area contributed by atoms with E-state index >= 15 is 0 Å². The quantitative estimate of drug-likeness (QED) is 0.834. The molecule has 0 radical (unpaired) electrons. The van der Waals surface area contributed by atoms with Gasteiger partial charge in [-0.05, 0) is 32.7 Å². The number of sulfonamides is 1. The molecule has 0 spiro atoms. The fourth-order valence-corrected chi connectivity index (χ4v) is 3.18. The molecule has 1 atom stereocenters. The Morgan fingerprint density at radius 3 is 2.84 bits per heavy atom. The Labute approximate surface area is 120 Å². The summed E-state index contributed by atoms with van der Waals surface area (Å²) in [6.07, 6.45) is 4.66. The van der Waals surface area contributed by atoms with Gasteiger partial charge in [-0.2, -0.15) is 0 Å². The molecule has 8 heteroatoms. The first-order valence-electron chi connectivity index (χ1n) is 6.22. The predicted octanol–water partition coefficient (Wildman–Crippen LogP) is 0.571. The molecule has 0 aliphatic carbocycles. The standard InChI is InChI=1S/C11H20N4O2S.ClH/c1-9-14-11(8-15(9)2)18(16,17)13-7-5-10-4-3-6-12-10;/h8,10,12-13H,3-7H2,1-2H3;1H/t10-;/m1./s1. The third-order valence-electron chi connectivity index (χ3n) is 3.31. The fourth-order valence-electron chi connectivity index (χ4n) is 2.10. The van der Waals surface area contributed by atoms with Gasteiger partial charge >= 0.3 is 0 Å². The van der Waals surface area contributed by atoms with Crippen molar-refractivity contribution in [3.63, 3.8) is 0 Å². The monoisotopic (exact) mass is 308 g/mol. The summed E-state index contributed by atoms with van der Waals surface area (Å²) >= 11 is 0. The molecular formula is C11H21ClN4O2S. The van der Waals surface area contributed by atoms with Crippen LogP contribution in [-0.4, -0.2) is 37.1 Å². The maximum atomic E-state index is 12.0. The van der Waals surface area contributed by atoms with E-state index in [9.17, 15) is 8.42 Å². The maximum absolute atomic E-state index is 12.0. The Morgan fingerprint density at radius 2 is 2.32 bits per heavy atom. The molecule has 2 rings (SSSR count). The third kappa shape index (κ3) is 4.17. The number of imidazole rings is 1. The predicted molar refractivity (Wildman–Crippen MR) is 76.0 cm³/mol. The van der Waals surface area contributed by atoms with Crippen molar-refractivity contribution in [1.29, 1.82) is 0 Å². The molecule has 1 aliphatic rings. The zero-order valence-corrected chi connectivity index (χ0v) is 12.9. The summed E-state index contributed by atoms with van der Waals surface area (Å²) < 4.78 is 28.2. The smallest absolute Gasteiger partial charge is 0.259 e. The number of nitrogens with one attached hydrogen (secondary N) is 2. The van der Waals surface area contributed by atoms with Crippen LogP contribution in [0.3, 0.4) is 0 Å². The Hall–Kier alpha value is -0.630. The van der Waals surface area contributed by atoms with E-state index in [0.717, 1.165) is 19.4 Å². The molecule has 19 heavy (non-hydrogen) atoms. The lowest BCUT2D eigenvalue weighted by molar-refractivity contribution is 0.538. The molecule has 110 valence electrons. The molecule has 0 saturated carbocycles. The van der Waals surface area contributed by atoms with E-state index in [1.165, 1.54) is 12.6 Å². The topological polar surface area (TPSA) is 76.0 Å². The molecule has 1 aliphatic heterocycles. The van der Waals surface area contributed by atoms with Crippen molar-refractivity contribution in [3.8, 4) is 0 Å². The van der Waals surface area contributed by atoms with Crippen LogP contribution in [-0.2, 0) is 17.1 Å². The van der Waals surface area contributed by atoms with Gasteiger partial charge in [0.25, 0.3) is 10.0 Å². The first kappa shape index (κ1) is 16.4. The van der Waals surface area contributed by atoms with E-state index in [0.29, 0.717) is 18.4 Å². The van der Waals surface area contributed by atoms with E-state index in [-0.39, 0.29) is 17.4 Å². The molecule has 0 amide bonds. The van der Waals surface area contributed by atoms with Gasteiger partial charge in [-0.1, -0.05) is 0 Å². The van der Waals surface area contributed by atoms with Gasteiger partial charge in [0.05, 0.1) is 0 Å². The third-order valence-corrected chi connectivity index (χ3v) is 4.64. The van der Waals surface area contributed by atoms with Crippen molar-refractivity contribution in [1.82, 2.24) is 19.6 Å². The van der Waals surface area contributed by atoms with Gasteiger partial charge in [0.2, 0.25) is 0 Å². The van der Waals surface area contributed by atoms with Crippen LogP contribution in [0.1, 0.15) is 25.1 Å². The second-order valence-electron chi connectivity index (χ2n) is 4.72. The van der Waals surface area contributed by atoms with E-state index < -0.39 is 10.0 Å². The minimum Gasteiger partial charge on any atom is -0.337 e. The molecule has 1 aromatic rings. The zero-order valence-electron chi connectivity index (χ0n) is 11.2. The summed E-state index contributed by atoms with van der Waals surface area (Å²) in [6, 6.07) is 0.443. The molecular weight excluding hydrogens is 288 g/mol. The van der Waals surface area contributed by atoms with Gasteiger partial charge in [0.15, 0.2) is 5.03 Å². The SMILES string of the molecule is Cc1nc(S(=O)(=O)NCC[C@H]2CCCN2)cn1C.Cl. The Morgan fingerprint density at radius 1 is 1.58 bits per heavy atom. The van der Waals surface area contributed by atoms with Crippen LogP contribution in [0.5, 0.6) is 0 Å². The van der Waals surface area contributed by atoms with Crippen LogP contribution in [0.25, 0.3) is 0 Å². The number of aromatic nitrogens is 2. The molecule has 1 aromatic heterocycles. The highest BCUT2D eigenvalue weighted by atomic mass is 35.5. The summed E-state index contributed by atoms with van der Waals surface area (Å²) in [5.74, 6) is 0.688. The Balaban J connectivity index is 0.00000180. The van der Waals surface area contributed by atoms with Crippen molar-refractivity contribution in [2.24, 2.45) is 7.05 Å². The lowest BCUT2D eigenvalue weighted by Crippen LogP contribution is -2.30. The summed E-state index contributed by atoms with van der Waals surface area (Å²) in [5, 5.41) is 3.44. The molecule has 0 bridgehead atoms. The van der Waals surface area contributed by atoms with Gasteiger partial charge in [-0.3, -0.25) is 0 Å². The van der Waals surface area contributed by atoms with Crippen molar-refractivity contribution in [2.75, 3.05) is 13.1 Å². The second kappa shape index (κ2) is 6.69. The lowest BCUT2D eigenvalue weighted by Gasteiger charge is -2.10. The van der Waals surface area contributed by atoms with Crippen LogP contribution < -0.4 is 10.0 Å². The number of aryl methyl sites for hydroxylation is 2. The average Bonchev–Trinajstić information content (AvgIpc) is 2.90. The van der Waals surface area contributed by atoms with Crippen molar-refractivity contribution >= 4 is 22.4 Å². The molecule has 2 heterocycles. The van der Waals surface area contributed by atoms with Crippen molar-refractivity contribution < 1.29 is 8.42 Å². The normalized spacial score (nSPS) is 19.4. The Kier molecular flexibility index (Phi) is 5.79. The minimum atomic E-state index is -3.46. The molecule has 0 unspecified atom stereocenters. The summed E-state index contributed by atoms with van der Waals surface area (Å²) in [4.78, 5) is 4.03. The van der Waals surface area contributed by atoms with Gasteiger partial charge in [0, 0.05) is 25.8 Å². The molecule has 1 fully saturated rings. The summed E-state index contributed by atoms with van der Waals surface area (Å²) in [5.41, 5.74) is 0. The summed E-state index contributed by atoms with van der Waals surface area (Å²) in [6.45, 7) is 3.27. The zero-order chi connectivity index (χ0) is 13.2. The molecule has 1 saturated heterocycles. The van der Waals surface area contributed by atoms with Crippen LogP contribution in [0.2, 0.25) is 0 Å². The first-order valence-corrected chi connectivity index (χ1v) is 7.70. The maximum Gasteiger partial charge on any atom is 0.259 e. The van der Waals surface area contributed by atoms with Gasteiger partial charge < -0.3 is 9.88 Å². The van der Waals surface area contributed by atoms with Gasteiger partial charge in [-0.25, -0.2) is 18.1 Å². The van der Waals surface area contributed by atoms with Crippen molar-refractivity contribution in [2.45, 2.75) is 37.3 Å². The van der Waals surface area contributed by atoms with Crippen LogP contribution in [0, 0.1) is 6.92 Å². The fraction of sp³-hybridized carbons (Fsp3) is 0.727. The average molecular weight is 309 g/mol. The van der Waals surface area contributed by atoms with Gasteiger partial charge in [-0.15, -0.1) is 12.4 Å². The van der Waals surface area contributed by atoms with E-state index in [1.54, 1.807) is 18.5 Å². The summed E-state index contributed by atoms with van der Waals surface area (Å²) in [7, 11) is -1.68. The minimum absolute atomic E-state index is 0.